The predicted molar refractivity (Wildman–Crippen MR) is 91.7 cm³/mol. The molecule has 2 aromatic rings. The summed E-state index contributed by atoms with van der Waals surface area (Å²) in [5.41, 5.74) is 0.545. The summed E-state index contributed by atoms with van der Waals surface area (Å²) in [5, 5.41) is 15.8. The average molecular weight is 378 g/mol. The molecule has 3 rings (SSSR count). The fourth-order valence-corrected chi connectivity index (χ4v) is 3.06. The number of halogens is 3. The van der Waals surface area contributed by atoms with Crippen LogP contribution in [0.4, 0.5) is 24.7 Å². The van der Waals surface area contributed by atoms with Crippen molar-refractivity contribution in [2.75, 3.05) is 29.9 Å². The number of benzene rings is 1. The maximum atomic E-state index is 13.0. The number of nitriles is 1. The van der Waals surface area contributed by atoms with Crippen molar-refractivity contribution in [1.29, 1.82) is 5.26 Å². The van der Waals surface area contributed by atoms with Gasteiger partial charge in [0, 0.05) is 37.3 Å². The highest BCUT2D eigenvalue weighted by Crippen LogP contribution is 2.34. The number of aromatic nitrogens is 1. The highest BCUT2D eigenvalue weighted by molar-refractivity contribution is 6.02. The fraction of sp³-hybridized carbons (Fsp3) is 0.389. The monoisotopic (exact) mass is 378 g/mol. The molecular formula is C18H17F3N4O2. The number of fused-ring (bicyclic) bond motifs is 1. The number of nitrogens with one attached hydrogen (secondary N) is 1. The molecule has 0 spiro atoms. The molecular weight excluding hydrogens is 361 g/mol. The van der Waals surface area contributed by atoms with E-state index in [1.807, 2.05) is 11.0 Å². The first-order valence-corrected chi connectivity index (χ1v) is 8.41. The largest absolute Gasteiger partial charge is 0.416 e. The molecule has 0 unspecified atom stereocenters. The number of alkyl halides is 3. The van der Waals surface area contributed by atoms with Crippen molar-refractivity contribution in [2.24, 2.45) is 0 Å². The van der Waals surface area contributed by atoms with Crippen molar-refractivity contribution in [3.63, 3.8) is 0 Å². The molecule has 6 nitrogen and oxygen atoms in total. The quantitative estimate of drug-likeness (QED) is 0.872. The number of aryl methyl sites for hydroxylation is 1. The second kappa shape index (κ2) is 7.31. The average Bonchev–Trinajstić information content (AvgIpc) is 2.90. The Morgan fingerprint density at radius 2 is 2.19 bits per heavy atom. The number of hydrogen-bond donors (Lipinski definition) is 1. The van der Waals surface area contributed by atoms with E-state index < -0.39 is 11.7 Å². The summed E-state index contributed by atoms with van der Waals surface area (Å²) in [4.78, 5) is 14.1. The van der Waals surface area contributed by atoms with Gasteiger partial charge < -0.3 is 14.7 Å². The third kappa shape index (κ3) is 3.89. The highest BCUT2D eigenvalue weighted by Gasteiger charge is 2.32. The Morgan fingerprint density at radius 3 is 2.89 bits per heavy atom. The highest BCUT2D eigenvalue weighted by atomic mass is 19.4. The number of Topliss-reactive ketones (excluding diaryl/α,β-unsaturated/α-hetero) is 1. The molecule has 0 amide bonds. The van der Waals surface area contributed by atoms with Crippen LogP contribution in [0.15, 0.2) is 22.7 Å². The number of rotatable bonds is 4. The Labute approximate surface area is 153 Å². The zero-order chi connectivity index (χ0) is 19.6. The number of anilines is 2. The number of nitrogens with zero attached hydrogens (tertiary/aromatic N) is 3. The van der Waals surface area contributed by atoms with Gasteiger partial charge in [-0.3, -0.25) is 4.79 Å². The standard InChI is InChI=1S/C18H17F3N4O2/c1-11-14(10-22)17(27-24-11)23-6-8-25-7-2-3-16(26)13-9-12(18(19,20)21)4-5-15(13)25/h4-5,9,23H,2-3,6-8H2,1H3. The molecule has 0 bridgehead atoms. The Bertz CT molecular complexity index is 899. The third-order valence-corrected chi connectivity index (χ3v) is 4.44. The molecule has 1 aliphatic rings. The molecule has 0 saturated heterocycles. The van der Waals surface area contributed by atoms with E-state index in [-0.39, 0.29) is 23.7 Å². The normalized spacial score (nSPS) is 14.5. The van der Waals surface area contributed by atoms with Crippen molar-refractivity contribution in [1.82, 2.24) is 5.16 Å². The zero-order valence-electron chi connectivity index (χ0n) is 14.6. The smallest absolute Gasteiger partial charge is 0.369 e. The van der Waals surface area contributed by atoms with E-state index in [4.69, 9.17) is 9.78 Å². The lowest BCUT2D eigenvalue weighted by Gasteiger charge is -2.25. The molecule has 0 fully saturated rings. The summed E-state index contributed by atoms with van der Waals surface area (Å²) in [6.07, 6.45) is -3.73. The Morgan fingerprint density at radius 1 is 1.41 bits per heavy atom. The first-order chi connectivity index (χ1) is 12.8. The molecule has 2 heterocycles. The zero-order valence-corrected chi connectivity index (χ0v) is 14.6. The van der Waals surface area contributed by atoms with E-state index in [0.29, 0.717) is 43.0 Å². The minimum atomic E-state index is -4.49. The summed E-state index contributed by atoms with van der Waals surface area (Å²) < 4.78 is 44.0. The van der Waals surface area contributed by atoms with E-state index in [2.05, 4.69) is 10.5 Å². The number of carbonyl (C=O) groups excluding carboxylic acids is 1. The second-order valence-corrected chi connectivity index (χ2v) is 6.25. The van der Waals surface area contributed by atoms with Crippen LogP contribution in [-0.2, 0) is 6.18 Å². The summed E-state index contributed by atoms with van der Waals surface area (Å²) >= 11 is 0. The van der Waals surface area contributed by atoms with Gasteiger partial charge in [0.25, 0.3) is 0 Å². The lowest BCUT2D eigenvalue weighted by atomic mass is 10.0. The molecule has 1 N–H and O–H groups in total. The van der Waals surface area contributed by atoms with E-state index in [1.165, 1.54) is 6.07 Å². The molecule has 142 valence electrons. The van der Waals surface area contributed by atoms with Crippen molar-refractivity contribution < 1.29 is 22.5 Å². The van der Waals surface area contributed by atoms with Crippen molar-refractivity contribution in [3.05, 3.63) is 40.6 Å². The van der Waals surface area contributed by atoms with Gasteiger partial charge in [-0.05, 0) is 31.5 Å². The summed E-state index contributed by atoms with van der Waals surface area (Å²) in [6.45, 7) is 3.00. The van der Waals surface area contributed by atoms with Crippen molar-refractivity contribution >= 4 is 17.4 Å². The second-order valence-electron chi connectivity index (χ2n) is 6.25. The number of ketones is 1. The van der Waals surface area contributed by atoms with Gasteiger partial charge in [-0.25, -0.2) is 0 Å². The van der Waals surface area contributed by atoms with Crippen LogP contribution in [0, 0.1) is 18.3 Å². The van der Waals surface area contributed by atoms with Crippen molar-refractivity contribution in [2.45, 2.75) is 25.9 Å². The van der Waals surface area contributed by atoms with Crippen LogP contribution in [0.25, 0.3) is 0 Å². The van der Waals surface area contributed by atoms with Gasteiger partial charge in [-0.1, -0.05) is 5.16 Å². The molecule has 9 heteroatoms. The SMILES string of the molecule is Cc1noc(NCCN2CCCC(=O)c3cc(C(F)(F)F)ccc32)c1C#N. The van der Waals surface area contributed by atoms with Crippen LogP contribution < -0.4 is 10.2 Å². The van der Waals surface area contributed by atoms with Gasteiger partial charge in [-0.15, -0.1) is 0 Å². The number of carbonyl (C=O) groups is 1. The van der Waals surface area contributed by atoms with Crippen LogP contribution in [0.2, 0.25) is 0 Å². The first kappa shape index (κ1) is 18.8. The molecule has 0 radical (unpaired) electrons. The molecule has 1 aromatic heterocycles. The van der Waals surface area contributed by atoms with Crippen LogP contribution in [0.5, 0.6) is 0 Å². The minimum absolute atomic E-state index is 0.0931. The lowest BCUT2D eigenvalue weighted by molar-refractivity contribution is -0.137. The van der Waals surface area contributed by atoms with Crippen LogP contribution in [0.1, 0.15) is 40.0 Å². The van der Waals surface area contributed by atoms with Gasteiger partial charge in [-0.2, -0.15) is 18.4 Å². The topological polar surface area (TPSA) is 82.2 Å². The number of hydrogen-bond acceptors (Lipinski definition) is 6. The van der Waals surface area contributed by atoms with Crippen molar-refractivity contribution in [3.8, 4) is 6.07 Å². The Kier molecular flexibility index (Phi) is 5.08. The Balaban J connectivity index is 1.78. The van der Waals surface area contributed by atoms with E-state index in [1.54, 1.807) is 6.92 Å². The lowest BCUT2D eigenvalue weighted by Crippen LogP contribution is -2.30. The van der Waals surface area contributed by atoms with Gasteiger partial charge in [0.05, 0.1) is 5.56 Å². The van der Waals surface area contributed by atoms with Crippen LogP contribution in [0.3, 0.4) is 0 Å². The summed E-state index contributed by atoms with van der Waals surface area (Å²) in [7, 11) is 0. The van der Waals surface area contributed by atoms with E-state index in [0.717, 1.165) is 12.1 Å². The molecule has 1 aromatic carbocycles. The van der Waals surface area contributed by atoms with Crippen LogP contribution >= 0.6 is 0 Å². The molecule has 0 aliphatic carbocycles. The molecule has 0 atom stereocenters. The summed E-state index contributed by atoms with van der Waals surface area (Å²) in [5.74, 6) is -0.0299. The summed E-state index contributed by atoms with van der Waals surface area (Å²) in [6, 6.07) is 5.27. The molecule has 27 heavy (non-hydrogen) atoms. The maximum absolute atomic E-state index is 13.0. The van der Waals surface area contributed by atoms with Gasteiger partial charge in [0.15, 0.2) is 5.78 Å². The third-order valence-electron chi connectivity index (χ3n) is 4.44. The molecule has 0 saturated carbocycles. The van der Waals surface area contributed by atoms with E-state index in [9.17, 15) is 18.0 Å². The van der Waals surface area contributed by atoms with Gasteiger partial charge in [0.1, 0.15) is 17.3 Å². The Hall–Kier alpha value is -3.02. The predicted octanol–water partition coefficient (Wildman–Crippen LogP) is 3.77. The van der Waals surface area contributed by atoms with E-state index >= 15 is 0 Å². The first-order valence-electron chi connectivity index (χ1n) is 8.41. The van der Waals surface area contributed by atoms with Gasteiger partial charge >= 0.3 is 6.18 Å². The fourth-order valence-electron chi connectivity index (χ4n) is 3.06. The minimum Gasteiger partial charge on any atom is -0.369 e. The molecule has 1 aliphatic heterocycles. The maximum Gasteiger partial charge on any atom is 0.416 e. The van der Waals surface area contributed by atoms with Crippen LogP contribution in [-0.4, -0.2) is 30.6 Å². The van der Waals surface area contributed by atoms with Gasteiger partial charge in [0.2, 0.25) is 5.88 Å².